The zero-order valence-electron chi connectivity index (χ0n) is 7.74. The molecule has 4 nitrogen and oxygen atoms in total. The van der Waals surface area contributed by atoms with Crippen molar-refractivity contribution in [1.29, 1.82) is 0 Å². The van der Waals surface area contributed by atoms with Crippen LogP contribution in [0.3, 0.4) is 0 Å². The maximum absolute atomic E-state index is 11.1. The van der Waals surface area contributed by atoms with Gasteiger partial charge in [0.25, 0.3) is 0 Å². The van der Waals surface area contributed by atoms with E-state index in [1.54, 1.807) is 6.07 Å². The van der Waals surface area contributed by atoms with Gasteiger partial charge in [0, 0.05) is 3.57 Å². The summed E-state index contributed by atoms with van der Waals surface area (Å²) in [6.45, 7) is 0. The standard InChI is InChI=1S/C9H6I2O4S/c10-4-1-5(9(13)14)8(6(11)2-4)15-7(12)3-16/h1-2,16H,3H2,(H,13,14). The van der Waals surface area contributed by atoms with Gasteiger partial charge in [-0.25, -0.2) is 4.79 Å². The van der Waals surface area contributed by atoms with Crippen LogP contribution in [-0.2, 0) is 4.79 Å². The molecule has 0 saturated heterocycles. The molecule has 0 amide bonds. The van der Waals surface area contributed by atoms with E-state index in [1.165, 1.54) is 6.07 Å². The molecule has 1 aromatic carbocycles. The highest BCUT2D eigenvalue weighted by molar-refractivity contribution is 14.1. The Morgan fingerprint density at radius 1 is 1.38 bits per heavy atom. The molecule has 0 spiro atoms. The van der Waals surface area contributed by atoms with Crippen LogP contribution in [0.4, 0.5) is 0 Å². The number of benzene rings is 1. The predicted octanol–water partition coefficient (Wildman–Crippen LogP) is 2.43. The van der Waals surface area contributed by atoms with Crippen LogP contribution in [0.5, 0.6) is 5.75 Å². The van der Waals surface area contributed by atoms with E-state index in [-0.39, 0.29) is 17.1 Å². The molecule has 1 N–H and O–H groups in total. The molecule has 0 atom stereocenters. The summed E-state index contributed by atoms with van der Waals surface area (Å²) >= 11 is 7.69. The topological polar surface area (TPSA) is 63.6 Å². The minimum atomic E-state index is -1.13. The Balaban J connectivity index is 3.24. The lowest BCUT2D eigenvalue weighted by Gasteiger charge is -2.09. The summed E-state index contributed by atoms with van der Waals surface area (Å²) in [5.74, 6) is -1.72. The normalized spacial score (nSPS) is 9.94. The lowest BCUT2D eigenvalue weighted by Crippen LogP contribution is -2.13. The fourth-order valence-corrected chi connectivity index (χ4v) is 2.99. The summed E-state index contributed by atoms with van der Waals surface area (Å²) in [6, 6.07) is 3.18. The highest BCUT2D eigenvalue weighted by Crippen LogP contribution is 2.28. The first-order chi connectivity index (χ1) is 7.45. The van der Waals surface area contributed by atoms with Crippen molar-refractivity contribution in [3.63, 3.8) is 0 Å². The Morgan fingerprint density at radius 3 is 2.50 bits per heavy atom. The summed E-state index contributed by atoms with van der Waals surface area (Å²) in [7, 11) is 0. The molecule has 0 heterocycles. The first-order valence-electron chi connectivity index (χ1n) is 3.99. The molecule has 0 unspecified atom stereocenters. The van der Waals surface area contributed by atoms with E-state index in [2.05, 4.69) is 12.6 Å². The Kier molecular flexibility index (Phi) is 5.31. The van der Waals surface area contributed by atoms with Crippen molar-refractivity contribution in [2.45, 2.75) is 0 Å². The number of carbonyl (C=O) groups is 2. The number of aromatic carboxylic acids is 1. The van der Waals surface area contributed by atoms with Crippen molar-refractivity contribution in [3.05, 3.63) is 24.8 Å². The SMILES string of the molecule is O=C(CS)Oc1c(I)cc(I)cc1C(=O)O. The van der Waals surface area contributed by atoms with Gasteiger partial charge in [0.15, 0.2) is 5.75 Å². The van der Waals surface area contributed by atoms with Crippen molar-refractivity contribution in [2.24, 2.45) is 0 Å². The minimum Gasteiger partial charge on any atom is -0.478 e. The fourth-order valence-electron chi connectivity index (χ4n) is 0.969. The number of ether oxygens (including phenoxy) is 1. The highest BCUT2D eigenvalue weighted by atomic mass is 127. The Bertz CT molecular complexity index is 447. The number of hydrogen-bond donors (Lipinski definition) is 2. The average Bonchev–Trinajstić information content (AvgIpc) is 2.20. The van der Waals surface area contributed by atoms with E-state index in [0.717, 1.165) is 3.57 Å². The maximum Gasteiger partial charge on any atom is 0.339 e. The van der Waals surface area contributed by atoms with E-state index in [9.17, 15) is 9.59 Å². The van der Waals surface area contributed by atoms with Crippen molar-refractivity contribution in [1.82, 2.24) is 0 Å². The van der Waals surface area contributed by atoms with Gasteiger partial charge >= 0.3 is 11.9 Å². The first kappa shape index (κ1) is 14.0. The number of carboxylic acid groups (broad SMARTS) is 1. The lowest BCUT2D eigenvalue weighted by molar-refractivity contribution is -0.131. The largest absolute Gasteiger partial charge is 0.478 e. The average molecular weight is 464 g/mol. The third-order valence-electron chi connectivity index (χ3n) is 1.58. The third kappa shape index (κ3) is 3.48. The van der Waals surface area contributed by atoms with E-state index in [4.69, 9.17) is 9.84 Å². The van der Waals surface area contributed by atoms with Gasteiger partial charge < -0.3 is 9.84 Å². The fraction of sp³-hybridized carbons (Fsp3) is 0.111. The zero-order chi connectivity index (χ0) is 12.3. The van der Waals surface area contributed by atoms with Crippen LogP contribution >= 0.6 is 57.8 Å². The Hall–Kier alpha value is -0.0300. The number of hydrogen-bond acceptors (Lipinski definition) is 4. The number of thiol groups is 1. The second-order valence-electron chi connectivity index (χ2n) is 2.70. The van der Waals surface area contributed by atoms with Crippen LogP contribution in [0.2, 0.25) is 0 Å². The molecule has 0 bridgehead atoms. The molecule has 0 radical (unpaired) electrons. The molecule has 1 rings (SSSR count). The predicted molar refractivity (Wildman–Crippen MR) is 78.3 cm³/mol. The third-order valence-corrected chi connectivity index (χ3v) is 3.27. The first-order valence-corrected chi connectivity index (χ1v) is 6.78. The summed E-state index contributed by atoms with van der Waals surface area (Å²) in [5, 5.41) is 8.98. The van der Waals surface area contributed by atoms with Gasteiger partial charge in [0.05, 0.1) is 9.32 Å². The molecular weight excluding hydrogens is 458 g/mol. The van der Waals surface area contributed by atoms with E-state index in [0.29, 0.717) is 3.57 Å². The summed E-state index contributed by atoms with van der Waals surface area (Å²) in [4.78, 5) is 22.1. The summed E-state index contributed by atoms with van der Waals surface area (Å²) in [5.41, 5.74) is -0.0218. The van der Waals surface area contributed by atoms with Crippen LogP contribution in [0, 0.1) is 7.14 Å². The van der Waals surface area contributed by atoms with Crippen LogP contribution in [0.1, 0.15) is 10.4 Å². The van der Waals surface area contributed by atoms with Gasteiger partial charge in [-0.15, -0.1) is 0 Å². The molecule has 0 aliphatic heterocycles. The summed E-state index contributed by atoms with van der Waals surface area (Å²) in [6.07, 6.45) is 0. The second kappa shape index (κ2) is 6.05. The number of esters is 1. The van der Waals surface area contributed by atoms with Crippen molar-refractivity contribution < 1.29 is 19.4 Å². The molecule has 0 aliphatic rings. The molecular formula is C9H6I2O4S. The quantitative estimate of drug-likeness (QED) is 0.313. The Morgan fingerprint density at radius 2 is 2.00 bits per heavy atom. The van der Waals surface area contributed by atoms with Gasteiger partial charge in [0.1, 0.15) is 5.56 Å². The maximum atomic E-state index is 11.1. The van der Waals surface area contributed by atoms with Gasteiger partial charge in [-0.3, -0.25) is 4.79 Å². The highest BCUT2D eigenvalue weighted by Gasteiger charge is 2.18. The summed E-state index contributed by atoms with van der Waals surface area (Å²) < 4.78 is 6.28. The molecule has 16 heavy (non-hydrogen) atoms. The van der Waals surface area contributed by atoms with Crippen LogP contribution < -0.4 is 4.74 Å². The van der Waals surface area contributed by atoms with Crippen molar-refractivity contribution in [2.75, 3.05) is 5.75 Å². The number of carbonyl (C=O) groups excluding carboxylic acids is 1. The molecule has 1 aromatic rings. The molecule has 0 saturated carbocycles. The van der Waals surface area contributed by atoms with Crippen molar-refractivity contribution >= 4 is 69.7 Å². The molecule has 86 valence electrons. The van der Waals surface area contributed by atoms with Crippen LogP contribution in [0.25, 0.3) is 0 Å². The van der Waals surface area contributed by atoms with Crippen molar-refractivity contribution in [3.8, 4) is 5.75 Å². The number of rotatable bonds is 3. The number of carboxylic acids is 1. The Labute approximate surface area is 124 Å². The zero-order valence-corrected chi connectivity index (χ0v) is 12.9. The molecule has 7 heteroatoms. The minimum absolute atomic E-state index is 0.0218. The van der Waals surface area contributed by atoms with Crippen LogP contribution in [0.15, 0.2) is 12.1 Å². The van der Waals surface area contributed by atoms with Crippen LogP contribution in [-0.4, -0.2) is 22.8 Å². The van der Waals surface area contributed by atoms with Gasteiger partial charge in [-0.2, -0.15) is 12.6 Å². The smallest absolute Gasteiger partial charge is 0.339 e. The number of halogens is 2. The molecule has 0 aromatic heterocycles. The van der Waals surface area contributed by atoms with E-state index in [1.807, 2.05) is 45.2 Å². The second-order valence-corrected chi connectivity index (χ2v) is 5.43. The van der Waals surface area contributed by atoms with Gasteiger partial charge in [0.2, 0.25) is 0 Å². The van der Waals surface area contributed by atoms with Gasteiger partial charge in [-0.1, -0.05) is 0 Å². The van der Waals surface area contributed by atoms with E-state index < -0.39 is 11.9 Å². The molecule has 0 aliphatic carbocycles. The monoisotopic (exact) mass is 464 g/mol. The molecule has 0 fully saturated rings. The van der Waals surface area contributed by atoms with Gasteiger partial charge in [-0.05, 0) is 57.3 Å². The van der Waals surface area contributed by atoms with E-state index >= 15 is 0 Å². The lowest BCUT2D eigenvalue weighted by atomic mass is 10.2.